The van der Waals surface area contributed by atoms with E-state index in [9.17, 15) is 19.1 Å². The van der Waals surface area contributed by atoms with Crippen molar-refractivity contribution in [3.8, 4) is 11.5 Å². The highest BCUT2D eigenvalue weighted by Gasteiger charge is 2.14. The van der Waals surface area contributed by atoms with Gasteiger partial charge in [-0.3, -0.25) is 9.59 Å². The van der Waals surface area contributed by atoms with E-state index in [4.69, 9.17) is 4.74 Å². The Bertz CT molecular complexity index is 734. The lowest BCUT2D eigenvalue weighted by molar-refractivity contribution is -0.127. The van der Waals surface area contributed by atoms with Gasteiger partial charge in [0, 0.05) is 13.1 Å². The standard InChI is InChI=1S/C18H19FN2O4/c1-12(25-14-8-6-13(22)7-9-14)17(23)20-10-11-21-18(24)15-4-2-3-5-16(15)19/h2-9,12,22H,10-11H2,1H3,(H,20,23)(H,21,24). The first kappa shape index (κ1) is 18.3. The van der Waals surface area contributed by atoms with Gasteiger partial charge in [-0.1, -0.05) is 12.1 Å². The van der Waals surface area contributed by atoms with Crippen molar-refractivity contribution in [2.75, 3.05) is 13.1 Å². The minimum Gasteiger partial charge on any atom is -0.508 e. The van der Waals surface area contributed by atoms with Gasteiger partial charge in [-0.2, -0.15) is 0 Å². The quantitative estimate of drug-likeness (QED) is 0.668. The average molecular weight is 346 g/mol. The molecular formula is C18H19FN2O4. The highest BCUT2D eigenvalue weighted by atomic mass is 19.1. The lowest BCUT2D eigenvalue weighted by Crippen LogP contribution is -2.40. The summed E-state index contributed by atoms with van der Waals surface area (Å²) in [6.07, 6.45) is -0.744. The maximum atomic E-state index is 13.5. The largest absolute Gasteiger partial charge is 0.508 e. The Balaban J connectivity index is 1.72. The van der Waals surface area contributed by atoms with Gasteiger partial charge in [0.25, 0.3) is 11.8 Å². The summed E-state index contributed by atoms with van der Waals surface area (Å²) in [5.74, 6) is -0.933. The predicted molar refractivity (Wildman–Crippen MR) is 89.9 cm³/mol. The van der Waals surface area contributed by atoms with Crippen molar-refractivity contribution >= 4 is 11.8 Å². The minimum absolute atomic E-state index is 0.0436. The topological polar surface area (TPSA) is 87.7 Å². The van der Waals surface area contributed by atoms with Gasteiger partial charge in [-0.25, -0.2) is 4.39 Å². The Morgan fingerprint density at radius 2 is 1.72 bits per heavy atom. The number of carbonyl (C=O) groups excluding carboxylic acids is 2. The van der Waals surface area contributed by atoms with E-state index in [0.29, 0.717) is 5.75 Å². The van der Waals surface area contributed by atoms with Crippen LogP contribution in [-0.4, -0.2) is 36.1 Å². The molecule has 25 heavy (non-hydrogen) atoms. The Morgan fingerprint density at radius 3 is 2.40 bits per heavy atom. The third-order valence-electron chi connectivity index (χ3n) is 3.35. The molecule has 2 rings (SSSR count). The van der Waals surface area contributed by atoms with Crippen LogP contribution in [0.15, 0.2) is 48.5 Å². The minimum atomic E-state index is -0.744. The summed E-state index contributed by atoms with van der Waals surface area (Å²) < 4.78 is 18.9. The van der Waals surface area contributed by atoms with Gasteiger partial charge in [-0.15, -0.1) is 0 Å². The van der Waals surface area contributed by atoms with E-state index in [2.05, 4.69) is 10.6 Å². The van der Waals surface area contributed by atoms with Crippen molar-refractivity contribution in [2.24, 2.45) is 0 Å². The number of carbonyl (C=O) groups is 2. The summed E-state index contributed by atoms with van der Waals surface area (Å²) in [7, 11) is 0. The highest BCUT2D eigenvalue weighted by Crippen LogP contribution is 2.17. The number of nitrogens with one attached hydrogen (secondary N) is 2. The van der Waals surface area contributed by atoms with Crippen LogP contribution in [0, 0.1) is 5.82 Å². The number of aromatic hydroxyl groups is 1. The third kappa shape index (κ3) is 5.49. The maximum absolute atomic E-state index is 13.5. The van der Waals surface area contributed by atoms with E-state index in [0.717, 1.165) is 0 Å². The number of halogens is 1. The van der Waals surface area contributed by atoms with Crippen LogP contribution in [0.1, 0.15) is 17.3 Å². The van der Waals surface area contributed by atoms with Crippen LogP contribution in [0.5, 0.6) is 11.5 Å². The second kappa shape index (κ2) is 8.68. The molecule has 3 N–H and O–H groups in total. The molecule has 1 unspecified atom stereocenters. The second-order valence-electron chi connectivity index (χ2n) is 5.28. The zero-order valence-electron chi connectivity index (χ0n) is 13.7. The molecule has 0 aromatic heterocycles. The van der Waals surface area contributed by atoms with Crippen molar-refractivity contribution in [2.45, 2.75) is 13.0 Å². The summed E-state index contributed by atoms with van der Waals surface area (Å²) >= 11 is 0. The Hall–Kier alpha value is -3.09. The van der Waals surface area contributed by atoms with Gasteiger partial charge in [0.2, 0.25) is 0 Å². The van der Waals surface area contributed by atoms with Gasteiger partial charge in [0.15, 0.2) is 6.10 Å². The average Bonchev–Trinajstić information content (AvgIpc) is 2.60. The van der Waals surface area contributed by atoms with Crippen molar-refractivity contribution in [1.29, 1.82) is 0 Å². The summed E-state index contributed by atoms with van der Waals surface area (Å²) in [6, 6.07) is 11.7. The van der Waals surface area contributed by atoms with E-state index in [-0.39, 0.29) is 30.3 Å². The van der Waals surface area contributed by atoms with Gasteiger partial charge < -0.3 is 20.5 Å². The van der Waals surface area contributed by atoms with Gasteiger partial charge in [0.05, 0.1) is 5.56 Å². The van der Waals surface area contributed by atoms with Crippen LogP contribution in [0.3, 0.4) is 0 Å². The lowest BCUT2D eigenvalue weighted by Gasteiger charge is -2.15. The summed E-state index contributed by atoms with van der Waals surface area (Å²) in [5.41, 5.74) is -0.0436. The number of phenols is 1. The highest BCUT2D eigenvalue weighted by molar-refractivity contribution is 5.94. The molecule has 2 aromatic carbocycles. The van der Waals surface area contributed by atoms with Crippen LogP contribution in [0.2, 0.25) is 0 Å². The molecule has 1 atom stereocenters. The second-order valence-corrected chi connectivity index (χ2v) is 5.28. The van der Waals surface area contributed by atoms with Crippen LogP contribution in [0.25, 0.3) is 0 Å². The molecule has 0 saturated heterocycles. The molecule has 0 radical (unpaired) electrons. The molecule has 132 valence electrons. The number of hydrogen-bond acceptors (Lipinski definition) is 4. The van der Waals surface area contributed by atoms with Crippen LogP contribution >= 0.6 is 0 Å². The van der Waals surface area contributed by atoms with Crippen molar-refractivity contribution in [1.82, 2.24) is 10.6 Å². The number of ether oxygens (including phenoxy) is 1. The van der Waals surface area contributed by atoms with Crippen molar-refractivity contribution in [3.63, 3.8) is 0 Å². The van der Waals surface area contributed by atoms with E-state index >= 15 is 0 Å². The van der Waals surface area contributed by atoms with Crippen molar-refractivity contribution < 1.29 is 23.8 Å². The Labute approximate surface area is 144 Å². The number of benzene rings is 2. The molecule has 0 heterocycles. The van der Waals surface area contributed by atoms with E-state index in [1.807, 2.05) is 0 Å². The molecule has 0 saturated carbocycles. The zero-order valence-corrected chi connectivity index (χ0v) is 13.7. The number of rotatable bonds is 7. The van der Waals surface area contributed by atoms with Gasteiger partial charge in [-0.05, 0) is 43.3 Å². The molecule has 0 fully saturated rings. The normalized spacial score (nSPS) is 11.4. The molecule has 0 bridgehead atoms. The molecule has 7 heteroatoms. The smallest absolute Gasteiger partial charge is 0.260 e. The van der Waals surface area contributed by atoms with Crippen LogP contribution < -0.4 is 15.4 Å². The van der Waals surface area contributed by atoms with E-state index in [1.165, 1.54) is 30.3 Å². The van der Waals surface area contributed by atoms with Crippen molar-refractivity contribution in [3.05, 3.63) is 59.9 Å². The first-order valence-electron chi connectivity index (χ1n) is 7.73. The molecule has 0 aliphatic heterocycles. The fourth-order valence-corrected chi connectivity index (χ4v) is 2.03. The lowest BCUT2D eigenvalue weighted by atomic mass is 10.2. The van der Waals surface area contributed by atoms with Gasteiger partial charge >= 0.3 is 0 Å². The maximum Gasteiger partial charge on any atom is 0.260 e. The van der Waals surface area contributed by atoms with Crippen LogP contribution in [0.4, 0.5) is 4.39 Å². The molecule has 0 aliphatic carbocycles. The molecule has 2 amide bonds. The molecule has 0 spiro atoms. The van der Waals surface area contributed by atoms with E-state index < -0.39 is 17.8 Å². The zero-order chi connectivity index (χ0) is 18.2. The summed E-state index contributed by atoms with van der Waals surface area (Å²) in [5, 5.41) is 14.3. The first-order valence-corrected chi connectivity index (χ1v) is 7.73. The van der Waals surface area contributed by atoms with Crippen LogP contribution in [-0.2, 0) is 4.79 Å². The molecular weight excluding hydrogens is 327 g/mol. The fraction of sp³-hybridized carbons (Fsp3) is 0.222. The SMILES string of the molecule is CC(Oc1ccc(O)cc1)C(=O)NCCNC(=O)c1ccccc1F. The fourth-order valence-electron chi connectivity index (χ4n) is 2.03. The first-order chi connectivity index (χ1) is 12.0. The Kier molecular flexibility index (Phi) is 6.33. The molecule has 2 aromatic rings. The monoisotopic (exact) mass is 346 g/mol. The summed E-state index contributed by atoms with van der Waals surface area (Å²) in [6.45, 7) is 1.92. The third-order valence-corrected chi connectivity index (χ3v) is 3.35. The van der Waals surface area contributed by atoms with Gasteiger partial charge in [0.1, 0.15) is 17.3 Å². The predicted octanol–water partition coefficient (Wildman–Crippen LogP) is 1.84. The number of hydrogen-bond donors (Lipinski definition) is 3. The number of amides is 2. The molecule has 0 aliphatic rings. The summed E-state index contributed by atoms with van der Waals surface area (Å²) in [4.78, 5) is 23.7. The van der Waals surface area contributed by atoms with E-state index in [1.54, 1.807) is 25.1 Å². The molecule has 6 nitrogen and oxygen atoms in total. The Morgan fingerprint density at radius 1 is 1.08 bits per heavy atom. The number of phenolic OH excluding ortho intramolecular Hbond substituents is 1.